The molecule has 0 radical (unpaired) electrons. The average Bonchev–Trinajstić information content (AvgIpc) is 3.28. The molecule has 1 aliphatic rings. The molecule has 2 aromatic carbocycles. The van der Waals surface area contributed by atoms with Crippen molar-refractivity contribution < 1.29 is 17.9 Å². The minimum absolute atomic E-state index is 0.105. The van der Waals surface area contributed by atoms with Gasteiger partial charge in [0.2, 0.25) is 10.0 Å². The van der Waals surface area contributed by atoms with Crippen molar-refractivity contribution in [2.45, 2.75) is 38.1 Å². The van der Waals surface area contributed by atoms with E-state index in [9.17, 15) is 13.2 Å². The Morgan fingerprint density at radius 2 is 1.85 bits per heavy atom. The lowest BCUT2D eigenvalue weighted by molar-refractivity contribution is 0.0947. The van der Waals surface area contributed by atoms with Gasteiger partial charge in [-0.1, -0.05) is 19.1 Å². The number of hydrogen-bond acceptors (Lipinski definition) is 5. The van der Waals surface area contributed by atoms with E-state index in [1.165, 1.54) is 29.6 Å². The van der Waals surface area contributed by atoms with Crippen molar-refractivity contribution in [1.82, 2.24) is 19.2 Å². The molecule has 1 saturated heterocycles. The number of aryl methyl sites for hydroxylation is 1. The maximum atomic E-state index is 13.1. The average molecular weight is 483 g/mol. The van der Waals surface area contributed by atoms with Crippen LogP contribution in [0.1, 0.15) is 41.5 Å². The molecule has 8 nitrogen and oxygen atoms in total. The number of amides is 1. The molecule has 0 atom stereocenters. The van der Waals surface area contributed by atoms with Gasteiger partial charge in [0.25, 0.3) is 5.91 Å². The molecule has 4 rings (SSSR count). The van der Waals surface area contributed by atoms with Gasteiger partial charge in [-0.05, 0) is 61.6 Å². The Morgan fingerprint density at radius 1 is 1.15 bits per heavy atom. The first-order valence-electron chi connectivity index (χ1n) is 11.3. The van der Waals surface area contributed by atoms with Crippen LogP contribution in [0.2, 0.25) is 0 Å². The van der Waals surface area contributed by atoms with Crippen molar-refractivity contribution in [2.75, 3.05) is 20.2 Å². The fourth-order valence-corrected chi connectivity index (χ4v) is 5.60. The first-order valence-corrected chi connectivity index (χ1v) is 12.8. The van der Waals surface area contributed by atoms with Crippen LogP contribution in [0.15, 0.2) is 59.8 Å². The van der Waals surface area contributed by atoms with Crippen molar-refractivity contribution in [1.29, 1.82) is 0 Å². The van der Waals surface area contributed by atoms with E-state index in [2.05, 4.69) is 17.2 Å². The van der Waals surface area contributed by atoms with Crippen LogP contribution in [-0.2, 0) is 16.6 Å². The Balaban J connectivity index is 1.48. The number of rotatable bonds is 7. The zero-order chi connectivity index (χ0) is 24.3. The maximum Gasteiger partial charge on any atom is 0.255 e. The number of nitrogens with zero attached hydrogens (tertiary/aromatic N) is 3. The molecular formula is C25H30N4O4S. The van der Waals surface area contributed by atoms with Gasteiger partial charge in [-0.2, -0.15) is 4.31 Å². The molecule has 3 aromatic rings. The zero-order valence-electron chi connectivity index (χ0n) is 19.7. The first kappa shape index (κ1) is 24.0. The van der Waals surface area contributed by atoms with E-state index in [0.717, 1.165) is 29.9 Å². The lowest BCUT2D eigenvalue weighted by atomic mass is 10.0. The van der Waals surface area contributed by atoms with E-state index in [1.54, 1.807) is 6.20 Å². The molecule has 34 heavy (non-hydrogen) atoms. The van der Waals surface area contributed by atoms with Crippen LogP contribution in [0, 0.1) is 12.8 Å². The SMILES string of the molecule is COc1ccc(S(=O)(=O)N2CCC(C)CC2)cc1C(=O)NCc1ccc(-n2ccnc2C)cc1. The van der Waals surface area contributed by atoms with Crippen LogP contribution < -0.4 is 10.1 Å². The van der Waals surface area contributed by atoms with Crippen molar-refractivity contribution >= 4 is 15.9 Å². The summed E-state index contributed by atoms with van der Waals surface area (Å²) in [7, 11) is -2.21. The molecule has 1 amide bonds. The third-order valence-corrected chi connectivity index (χ3v) is 8.18. The Kier molecular flexibility index (Phi) is 7.04. The third-order valence-electron chi connectivity index (χ3n) is 6.29. The summed E-state index contributed by atoms with van der Waals surface area (Å²) in [5, 5.41) is 2.87. The molecule has 0 aliphatic carbocycles. The van der Waals surface area contributed by atoms with E-state index in [0.29, 0.717) is 31.3 Å². The monoisotopic (exact) mass is 482 g/mol. The zero-order valence-corrected chi connectivity index (χ0v) is 20.5. The van der Waals surface area contributed by atoms with Gasteiger partial charge >= 0.3 is 0 Å². The number of sulfonamides is 1. The lowest BCUT2D eigenvalue weighted by Crippen LogP contribution is -2.38. The topological polar surface area (TPSA) is 93.5 Å². The largest absolute Gasteiger partial charge is 0.496 e. The minimum atomic E-state index is -3.67. The quantitative estimate of drug-likeness (QED) is 0.556. The van der Waals surface area contributed by atoms with Gasteiger partial charge in [0.05, 0.1) is 17.6 Å². The third kappa shape index (κ3) is 5.00. The summed E-state index contributed by atoms with van der Waals surface area (Å²) < 4.78 is 35.1. The second kappa shape index (κ2) is 9.99. The number of carbonyl (C=O) groups excluding carboxylic acids is 1. The number of aromatic nitrogens is 2. The van der Waals surface area contributed by atoms with E-state index in [1.807, 2.05) is 42.0 Å². The van der Waals surface area contributed by atoms with Gasteiger partial charge in [-0.15, -0.1) is 0 Å². The summed E-state index contributed by atoms with van der Waals surface area (Å²) in [6.07, 6.45) is 5.31. The Labute approximate surface area is 200 Å². The molecule has 0 spiro atoms. The Bertz CT molecular complexity index is 1260. The number of methoxy groups -OCH3 is 1. The van der Waals surface area contributed by atoms with Crippen molar-refractivity contribution in [2.24, 2.45) is 5.92 Å². The molecule has 0 bridgehead atoms. The highest BCUT2D eigenvalue weighted by atomic mass is 32.2. The summed E-state index contributed by atoms with van der Waals surface area (Å²) in [6.45, 7) is 5.34. The van der Waals surface area contributed by atoms with E-state index < -0.39 is 15.9 Å². The van der Waals surface area contributed by atoms with Gasteiger partial charge in [0.1, 0.15) is 11.6 Å². The van der Waals surface area contributed by atoms with Crippen molar-refractivity contribution in [3.8, 4) is 11.4 Å². The lowest BCUT2D eigenvalue weighted by Gasteiger charge is -2.29. The fraction of sp³-hybridized carbons (Fsp3) is 0.360. The number of ether oxygens (including phenoxy) is 1. The predicted molar refractivity (Wildman–Crippen MR) is 130 cm³/mol. The van der Waals surface area contributed by atoms with Gasteiger partial charge in [0, 0.05) is 37.7 Å². The molecule has 9 heteroatoms. The molecule has 0 unspecified atom stereocenters. The van der Waals surface area contributed by atoms with Crippen LogP contribution >= 0.6 is 0 Å². The van der Waals surface area contributed by atoms with Crippen LogP contribution in [0.3, 0.4) is 0 Å². The van der Waals surface area contributed by atoms with Crippen molar-refractivity contribution in [3.05, 3.63) is 71.8 Å². The highest BCUT2D eigenvalue weighted by Gasteiger charge is 2.29. The second-order valence-corrected chi connectivity index (χ2v) is 10.6. The number of imidazole rings is 1. The highest BCUT2D eigenvalue weighted by Crippen LogP contribution is 2.27. The summed E-state index contributed by atoms with van der Waals surface area (Å²) in [6, 6.07) is 12.2. The van der Waals surface area contributed by atoms with Gasteiger partial charge < -0.3 is 14.6 Å². The summed E-state index contributed by atoms with van der Waals surface area (Å²) in [4.78, 5) is 17.3. The van der Waals surface area contributed by atoms with Crippen molar-refractivity contribution in [3.63, 3.8) is 0 Å². The van der Waals surface area contributed by atoms with E-state index in [4.69, 9.17) is 4.74 Å². The molecule has 2 heterocycles. The maximum absolute atomic E-state index is 13.1. The molecule has 180 valence electrons. The molecule has 1 aromatic heterocycles. The predicted octanol–water partition coefficient (Wildman–Crippen LogP) is 3.54. The number of benzene rings is 2. The molecule has 1 fully saturated rings. The van der Waals surface area contributed by atoms with E-state index in [-0.39, 0.29) is 10.5 Å². The number of carbonyl (C=O) groups is 1. The van der Waals surface area contributed by atoms with Crippen LogP contribution in [0.5, 0.6) is 5.75 Å². The van der Waals surface area contributed by atoms with Gasteiger partial charge in [-0.3, -0.25) is 4.79 Å². The molecular weight excluding hydrogens is 452 g/mol. The van der Waals surface area contributed by atoms with Crippen LogP contribution in [0.25, 0.3) is 5.69 Å². The first-order chi connectivity index (χ1) is 16.3. The standard InChI is InChI=1S/C25H30N4O4S/c1-18-10-13-28(14-11-18)34(31,32)22-8-9-24(33-3)23(16-22)25(30)27-17-20-4-6-21(7-5-20)29-15-12-26-19(29)2/h4-9,12,15-16,18H,10-11,13-14,17H2,1-3H3,(H,27,30). The molecule has 1 N–H and O–H groups in total. The summed E-state index contributed by atoms with van der Waals surface area (Å²) in [5.74, 6) is 1.34. The highest BCUT2D eigenvalue weighted by molar-refractivity contribution is 7.89. The van der Waals surface area contributed by atoms with E-state index >= 15 is 0 Å². The molecule has 1 aliphatic heterocycles. The smallest absolute Gasteiger partial charge is 0.255 e. The second-order valence-electron chi connectivity index (χ2n) is 8.64. The summed E-state index contributed by atoms with van der Waals surface area (Å²) in [5.41, 5.74) is 2.09. The normalized spacial score (nSPS) is 15.3. The Hall–Kier alpha value is -3.17. The molecule has 0 saturated carbocycles. The van der Waals surface area contributed by atoms with Gasteiger partial charge in [0.15, 0.2) is 0 Å². The van der Waals surface area contributed by atoms with Gasteiger partial charge in [-0.25, -0.2) is 13.4 Å². The minimum Gasteiger partial charge on any atom is -0.496 e. The number of hydrogen-bond donors (Lipinski definition) is 1. The number of piperidine rings is 1. The summed E-state index contributed by atoms with van der Waals surface area (Å²) >= 11 is 0. The Morgan fingerprint density at radius 3 is 2.47 bits per heavy atom. The van der Waals surface area contributed by atoms with Crippen LogP contribution in [-0.4, -0.2) is 48.4 Å². The fourth-order valence-electron chi connectivity index (χ4n) is 4.10. The van der Waals surface area contributed by atoms with Crippen LogP contribution in [0.4, 0.5) is 0 Å². The number of nitrogens with one attached hydrogen (secondary N) is 1.